The van der Waals surface area contributed by atoms with Gasteiger partial charge in [-0.15, -0.1) is 0 Å². The van der Waals surface area contributed by atoms with Gasteiger partial charge >= 0.3 is 5.97 Å². The highest BCUT2D eigenvalue weighted by molar-refractivity contribution is 5.87. The molecule has 70 valence electrons. The SMILES string of the molecule is CCOCC(C(=O)O)=C(C)CC. The van der Waals surface area contributed by atoms with Crippen LogP contribution in [0.15, 0.2) is 11.1 Å². The molecular weight excluding hydrogens is 156 g/mol. The molecule has 0 rings (SSSR count). The molecule has 0 bridgehead atoms. The molecule has 0 amide bonds. The molecule has 0 aromatic carbocycles. The second kappa shape index (κ2) is 5.77. The van der Waals surface area contributed by atoms with Gasteiger partial charge in [-0.2, -0.15) is 0 Å². The van der Waals surface area contributed by atoms with E-state index in [1.807, 2.05) is 20.8 Å². The quantitative estimate of drug-likeness (QED) is 0.643. The molecule has 0 saturated heterocycles. The van der Waals surface area contributed by atoms with E-state index in [4.69, 9.17) is 9.84 Å². The molecule has 0 aliphatic rings. The standard InChI is InChI=1S/C9H16O3/c1-4-7(3)8(9(10)11)6-12-5-2/h4-6H2,1-3H3,(H,10,11). The summed E-state index contributed by atoms with van der Waals surface area (Å²) in [7, 11) is 0. The first-order valence-electron chi connectivity index (χ1n) is 4.13. The summed E-state index contributed by atoms with van der Waals surface area (Å²) in [6, 6.07) is 0. The number of hydrogen-bond donors (Lipinski definition) is 1. The zero-order chi connectivity index (χ0) is 9.56. The van der Waals surface area contributed by atoms with Gasteiger partial charge in [-0.3, -0.25) is 0 Å². The van der Waals surface area contributed by atoms with Crippen LogP contribution in [0.5, 0.6) is 0 Å². The third kappa shape index (κ3) is 3.53. The molecule has 1 N–H and O–H groups in total. The Kier molecular flexibility index (Phi) is 5.37. The molecule has 0 unspecified atom stereocenters. The fraction of sp³-hybridized carbons (Fsp3) is 0.667. The van der Waals surface area contributed by atoms with Crippen LogP contribution in [0.4, 0.5) is 0 Å². The van der Waals surface area contributed by atoms with E-state index in [1.54, 1.807) is 0 Å². The number of allylic oxidation sites excluding steroid dienone is 1. The summed E-state index contributed by atoms with van der Waals surface area (Å²) < 4.78 is 5.04. The Morgan fingerprint density at radius 2 is 2.00 bits per heavy atom. The van der Waals surface area contributed by atoms with Gasteiger partial charge in [0.15, 0.2) is 0 Å². The molecule has 0 aromatic rings. The molecule has 0 saturated carbocycles. The molecule has 0 heterocycles. The van der Waals surface area contributed by atoms with Crippen molar-refractivity contribution in [1.82, 2.24) is 0 Å². The summed E-state index contributed by atoms with van der Waals surface area (Å²) in [6.07, 6.45) is 0.759. The maximum atomic E-state index is 10.7. The Hall–Kier alpha value is -0.830. The summed E-state index contributed by atoms with van der Waals surface area (Å²) in [5.41, 5.74) is 1.27. The van der Waals surface area contributed by atoms with Gasteiger partial charge in [-0.25, -0.2) is 4.79 Å². The van der Waals surface area contributed by atoms with E-state index in [0.29, 0.717) is 12.2 Å². The van der Waals surface area contributed by atoms with Crippen LogP contribution in [0.1, 0.15) is 27.2 Å². The number of carboxylic acid groups (broad SMARTS) is 1. The third-order valence-electron chi connectivity index (χ3n) is 1.75. The highest BCUT2D eigenvalue weighted by Crippen LogP contribution is 2.08. The summed E-state index contributed by atoms with van der Waals surface area (Å²) in [5, 5.41) is 8.76. The largest absolute Gasteiger partial charge is 0.478 e. The number of hydrogen-bond acceptors (Lipinski definition) is 2. The number of aliphatic carboxylic acids is 1. The van der Waals surface area contributed by atoms with Gasteiger partial charge in [-0.05, 0) is 20.3 Å². The summed E-state index contributed by atoms with van der Waals surface area (Å²) in [5.74, 6) is -0.872. The number of rotatable bonds is 5. The molecule has 0 fully saturated rings. The van der Waals surface area contributed by atoms with Crippen molar-refractivity contribution < 1.29 is 14.6 Å². The van der Waals surface area contributed by atoms with Crippen LogP contribution in [0.3, 0.4) is 0 Å². The maximum Gasteiger partial charge on any atom is 0.333 e. The van der Waals surface area contributed by atoms with Crippen LogP contribution < -0.4 is 0 Å². The minimum atomic E-state index is -0.872. The smallest absolute Gasteiger partial charge is 0.333 e. The molecule has 0 radical (unpaired) electrons. The summed E-state index contributed by atoms with van der Waals surface area (Å²) in [4.78, 5) is 10.7. The lowest BCUT2D eigenvalue weighted by molar-refractivity contribution is -0.133. The van der Waals surface area contributed by atoms with Crippen molar-refractivity contribution in [2.24, 2.45) is 0 Å². The summed E-state index contributed by atoms with van der Waals surface area (Å²) >= 11 is 0. The molecule has 0 aromatic heterocycles. The van der Waals surface area contributed by atoms with Crippen LogP contribution in [-0.4, -0.2) is 24.3 Å². The average molecular weight is 172 g/mol. The molecule has 0 atom stereocenters. The molecule has 3 heteroatoms. The number of carbonyl (C=O) groups is 1. The molecule has 0 aliphatic heterocycles. The van der Waals surface area contributed by atoms with Gasteiger partial charge in [0.2, 0.25) is 0 Å². The number of ether oxygens (including phenoxy) is 1. The minimum absolute atomic E-state index is 0.214. The van der Waals surface area contributed by atoms with Crippen molar-refractivity contribution in [3.05, 3.63) is 11.1 Å². The fourth-order valence-electron chi connectivity index (χ4n) is 0.785. The second-order valence-electron chi connectivity index (χ2n) is 2.55. The first-order chi connectivity index (χ1) is 5.63. The van der Waals surface area contributed by atoms with Crippen LogP contribution in [-0.2, 0) is 9.53 Å². The van der Waals surface area contributed by atoms with Crippen molar-refractivity contribution in [3.63, 3.8) is 0 Å². The third-order valence-corrected chi connectivity index (χ3v) is 1.75. The highest BCUT2D eigenvalue weighted by Gasteiger charge is 2.09. The van der Waals surface area contributed by atoms with Crippen molar-refractivity contribution in [2.75, 3.05) is 13.2 Å². The van der Waals surface area contributed by atoms with E-state index in [1.165, 1.54) is 0 Å². The van der Waals surface area contributed by atoms with E-state index in [9.17, 15) is 4.79 Å². The maximum absolute atomic E-state index is 10.7. The molecule has 0 spiro atoms. The lowest BCUT2D eigenvalue weighted by Crippen LogP contribution is -2.10. The first-order valence-corrected chi connectivity index (χ1v) is 4.13. The van der Waals surface area contributed by atoms with Crippen LogP contribution in [0.25, 0.3) is 0 Å². The van der Waals surface area contributed by atoms with Crippen molar-refractivity contribution in [3.8, 4) is 0 Å². The molecular formula is C9H16O3. The second-order valence-corrected chi connectivity index (χ2v) is 2.55. The van der Waals surface area contributed by atoms with Crippen molar-refractivity contribution in [2.45, 2.75) is 27.2 Å². The fourth-order valence-corrected chi connectivity index (χ4v) is 0.785. The van der Waals surface area contributed by atoms with E-state index >= 15 is 0 Å². The Bertz CT molecular complexity index is 182. The van der Waals surface area contributed by atoms with E-state index in [0.717, 1.165) is 12.0 Å². The van der Waals surface area contributed by atoms with Crippen molar-refractivity contribution in [1.29, 1.82) is 0 Å². The van der Waals surface area contributed by atoms with Gasteiger partial charge in [-0.1, -0.05) is 12.5 Å². The molecule has 12 heavy (non-hydrogen) atoms. The minimum Gasteiger partial charge on any atom is -0.478 e. The average Bonchev–Trinajstić information content (AvgIpc) is 2.04. The Labute approximate surface area is 73.0 Å². The topological polar surface area (TPSA) is 46.5 Å². The van der Waals surface area contributed by atoms with Gasteiger partial charge in [0.1, 0.15) is 0 Å². The van der Waals surface area contributed by atoms with E-state index in [2.05, 4.69) is 0 Å². The van der Waals surface area contributed by atoms with Crippen LogP contribution in [0.2, 0.25) is 0 Å². The van der Waals surface area contributed by atoms with Gasteiger partial charge in [0.05, 0.1) is 12.2 Å². The number of carboxylic acids is 1. The van der Waals surface area contributed by atoms with E-state index in [-0.39, 0.29) is 6.61 Å². The summed E-state index contributed by atoms with van der Waals surface area (Å²) in [6.45, 7) is 6.37. The van der Waals surface area contributed by atoms with Gasteiger partial charge in [0.25, 0.3) is 0 Å². The van der Waals surface area contributed by atoms with Crippen LogP contribution in [0, 0.1) is 0 Å². The van der Waals surface area contributed by atoms with Gasteiger partial charge in [0, 0.05) is 6.61 Å². The Morgan fingerprint density at radius 1 is 1.42 bits per heavy atom. The van der Waals surface area contributed by atoms with Gasteiger partial charge < -0.3 is 9.84 Å². The predicted molar refractivity (Wildman–Crippen MR) is 47.1 cm³/mol. The normalized spacial score (nSPS) is 12.6. The Balaban J connectivity index is 4.33. The monoisotopic (exact) mass is 172 g/mol. The Morgan fingerprint density at radius 3 is 2.33 bits per heavy atom. The lowest BCUT2D eigenvalue weighted by Gasteiger charge is -2.05. The zero-order valence-corrected chi connectivity index (χ0v) is 7.89. The zero-order valence-electron chi connectivity index (χ0n) is 7.89. The lowest BCUT2D eigenvalue weighted by atomic mass is 10.1. The van der Waals surface area contributed by atoms with E-state index < -0.39 is 5.97 Å². The van der Waals surface area contributed by atoms with Crippen LogP contribution >= 0.6 is 0 Å². The van der Waals surface area contributed by atoms with Crippen molar-refractivity contribution >= 4 is 5.97 Å². The first kappa shape index (κ1) is 11.2. The molecule has 0 aliphatic carbocycles. The molecule has 3 nitrogen and oxygen atoms in total. The highest BCUT2D eigenvalue weighted by atomic mass is 16.5. The predicted octanol–water partition coefficient (Wildman–Crippen LogP) is 1.83.